The minimum Gasteiger partial charge on any atom is -0.253 e. The lowest BCUT2D eigenvalue weighted by atomic mass is 9.79. The molecule has 0 aliphatic carbocycles. The monoisotopic (exact) mass is 373 g/mol. The van der Waals surface area contributed by atoms with Crippen LogP contribution in [0.25, 0.3) is 16.7 Å². The molecule has 5 nitrogen and oxygen atoms in total. The van der Waals surface area contributed by atoms with Crippen LogP contribution in [0.15, 0.2) is 49.2 Å². The van der Waals surface area contributed by atoms with Crippen LogP contribution in [0.5, 0.6) is 0 Å². The van der Waals surface area contributed by atoms with Crippen LogP contribution in [0.4, 0.5) is 0 Å². The van der Waals surface area contributed by atoms with Crippen molar-refractivity contribution < 1.29 is 0 Å². The zero-order valence-corrected chi connectivity index (χ0v) is 17.3. The average Bonchev–Trinajstić information content (AvgIpc) is 3.09. The van der Waals surface area contributed by atoms with E-state index in [1.165, 1.54) is 16.7 Å². The van der Waals surface area contributed by atoms with Crippen LogP contribution in [-0.4, -0.2) is 24.6 Å². The molecule has 0 amide bonds. The summed E-state index contributed by atoms with van der Waals surface area (Å²) >= 11 is 0. The van der Waals surface area contributed by atoms with Gasteiger partial charge in [0.2, 0.25) is 0 Å². The molecule has 1 aromatic carbocycles. The van der Waals surface area contributed by atoms with E-state index in [0.717, 1.165) is 29.5 Å². The lowest BCUT2D eigenvalue weighted by Crippen LogP contribution is -2.19. The summed E-state index contributed by atoms with van der Waals surface area (Å²) in [4.78, 5) is 13.7. The maximum atomic E-state index is 4.71. The van der Waals surface area contributed by atoms with Gasteiger partial charge in [0.15, 0.2) is 5.65 Å². The Morgan fingerprint density at radius 3 is 2.46 bits per heavy atom. The number of para-hydroxylation sites is 1. The van der Waals surface area contributed by atoms with E-state index in [4.69, 9.17) is 4.98 Å². The first kappa shape index (κ1) is 18.5. The van der Waals surface area contributed by atoms with Gasteiger partial charge in [-0.1, -0.05) is 46.8 Å². The summed E-state index contributed by atoms with van der Waals surface area (Å²) in [6.45, 7) is 11.1. The highest BCUT2D eigenvalue weighted by molar-refractivity contribution is 5.78. The Morgan fingerprint density at radius 1 is 0.893 bits per heavy atom. The molecule has 0 atom stereocenters. The van der Waals surface area contributed by atoms with Gasteiger partial charge in [-0.3, -0.25) is 9.97 Å². The summed E-state index contributed by atoms with van der Waals surface area (Å²) in [5.74, 6) is 0. The SMILES string of the molecule is CC(C)(C)c1cnn2cc(CCC(C)(C)c3cccc4nccnc34)cnc12. The van der Waals surface area contributed by atoms with Gasteiger partial charge in [-0.2, -0.15) is 5.10 Å². The van der Waals surface area contributed by atoms with E-state index in [0.29, 0.717) is 0 Å². The van der Waals surface area contributed by atoms with Crippen LogP contribution < -0.4 is 0 Å². The fraction of sp³-hybridized carbons (Fsp3) is 0.391. The number of rotatable bonds is 4. The largest absolute Gasteiger partial charge is 0.253 e. The van der Waals surface area contributed by atoms with E-state index in [2.05, 4.69) is 68.0 Å². The van der Waals surface area contributed by atoms with Gasteiger partial charge in [0.05, 0.1) is 17.2 Å². The standard InChI is InChI=1S/C23H27N5/c1-22(2,3)18-14-27-28-15-16(13-26-21(18)28)9-10-23(4,5)17-7-6-8-19-20(17)25-12-11-24-19/h6-8,11-15H,9-10H2,1-5H3. The molecule has 0 N–H and O–H groups in total. The Bertz CT molecular complexity index is 1130. The lowest BCUT2D eigenvalue weighted by molar-refractivity contribution is 0.482. The number of hydrogen-bond donors (Lipinski definition) is 0. The minimum atomic E-state index is -0.0226. The predicted octanol–water partition coefficient (Wildman–Crippen LogP) is 4.88. The normalized spacial score (nSPS) is 12.8. The first-order valence-corrected chi connectivity index (χ1v) is 9.79. The van der Waals surface area contributed by atoms with Crippen LogP contribution in [0.1, 0.15) is 57.7 Å². The smallest absolute Gasteiger partial charge is 0.158 e. The number of hydrogen-bond acceptors (Lipinski definition) is 4. The molecule has 0 unspecified atom stereocenters. The highest BCUT2D eigenvalue weighted by atomic mass is 15.2. The van der Waals surface area contributed by atoms with Crippen molar-refractivity contribution in [2.24, 2.45) is 0 Å². The second-order valence-corrected chi connectivity index (χ2v) is 9.15. The summed E-state index contributed by atoms with van der Waals surface area (Å²) < 4.78 is 1.91. The third-order valence-corrected chi connectivity index (χ3v) is 5.48. The Hall–Kier alpha value is -2.82. The van der Waals surface area contributed by atoms with E-state index in [-0.39, 0.29) is 10.8 Å². The first-order valence-electron chi connectivity index (χ1n) is 9.79. The summed E-state index contributed by atoms with van der Waals surface area (Å²) in [5.41, 5.74) is 6.50. The van der Waals surface area contributed by atoms with Crippen molar-refractivity contribution in [2.45, 2.75) is 58.3 Å². The predicted molar refractivity (Wildman–Crippen MR) is 113 cm³/mol. The number of aromatic nitrogens is 5. The molecular weight excluding hydrogens is 346 g/mol. The zero-order chi connectivity index (χ0) is 19.9. The number of nitrogens with zero attached hydrogens (tertiary/aromatic N) is 5. The van der Waals surface area contributed by atoms with E-state index in [1.807, 2.05) is 23.0 Å². The van der Waals surface area contributed by atoms with Crippen molar-refractivity contribution in [2.75, 3.05) is 0 Å². The van der Waals surface area contributed by atoms with E-state index in [1.54, 1.807) is 12.4 Å². The maximum Gasteiger partial charge on any atom is 0.158 e. The van der Waals surface area contributed by atoms with Gasteiger partial charge in [-0.15, -0.1) is 0 Å². The van der Waals surface area contributed by atoms with Crippen LogP contribution in [0.3, 0.4) is 0 Å². The second-order valence-electron chi connectivity index (χ2n) is 9.15. The molecular formula is C23H27N5. The molecule has 28 heavy (non-hydrogen) atoms. The van der Waals surface area contributed by atoms with Crippen LogP contribution in [-0.2, 0) is 17.3 Å². The number of fused-ring (bicyclic) bond motifs is 2. The van der Waals surface area contributed by atoms with Gasteiger partial charge in [-0.05, 0) is 40.9 Å². The highest BCUT2D eigenvalue weighted by Crippen LogP contribution is 2.32. The summed E-state index contributed by atoms with van der Waals surface area (Å²) in [7, 11) is 0. The maximum absolute atomic E-state index is 4.71. The molecule has 0 saturated carbocycles. The van der Waals surface area contributed by atoms with Crippen LogP contribution in [0.2, 0.25) is 0 Å². The number of benzene rings is 1. The lowest BCUT2D eigenvalue weighted by Gasteiger charge is -2.26. The Balaban J connectivity index is 1.59. The molecule has 0 saturated heterocycles. The fourth-order valence-corrected chi connectivity index (χ4v) is 3.70. The third kappa shape index (κ3) is 3.37. The van der Waals surface area contributed by atoms with Crippen molar-refractivity contribution in [3.63, 3.8) is 0 Å². The second kappa shape index (κ2) is 6.66. The van der Waals surface area contributed by atoms with Gasteiger partial charge < -0.3 is 0 Å². The van der Waals surface area contributed by atoms with E-state index < -0.39 is 0 Å². The quantitative estimate of drug-likeness (QED) is 0.511. The zero-order valence-electron chi connectivity index (χ0n) is 17.3. The Labute approximate surface area is 165 Å². The average molecular weight is 374 g/mol. The van der Waals surface area contributed by atoms with Crippen LogP contribution in [0, 0.1) is 0 Å². The molecule has 144 valence electrons. The van der Waals surface area contributed by atoms with Gasteiger partial charge >= 0.3 is 0 Å². The molecule has 4 rings (SSSR count). The van der Waals surface area contributed by atoms with Crippen LogP contribution >= 0.6 is 0 Å². The van der Waals surface area contributed by atoms with Crippen molar-refractivity contribution in [3.8, 4) is 0 Å². The van der Waals surface area contributed by atoms with Gasteiger partial charge in [-0.25, -0.2) is 9.50 Å². The minimum absolute atomic E-state index is 0.0226. The summed E-state index contributed by atoms with van der Waals surface area (Å²) in [6, 6.07) is 6.26. The Kier molecular flexibility index (Phi) is 4.41. The summed E-state index contributed by atoms with van der Waals surface area (Å²) in [5, 5.41) is 4.53. The van der Waals surface area contributed by atoms with E-state index >= 15 is 0 Å². The first-order chi connectivity index (χ1) is 13.3. The molecule has 0 spiro atoms. The molecule has 3 aromatic heterocycles. The molecule has 5 heteroatoms. The third-order valence-electron chi connectivity index (χ3n) is 5.48. The van der Waals surface area contributed by atoms with Crippen molar-refractivity contribution in [1.82, 2.24) is 24.6 Å². The topological polar surface area (TPSA) is 56.0 Å². The molecule has 0 aliphatic rings. The summed E-state index contributed by atoms with van der Waals surface area (Å²) in [6.07, 6.45) is 11.5. The van der Waals surface area contributed by atoms with Gasteiger partial charge in [0, 0.05) is 30.4 Å². The Morgan fingerprint density at radius 2 is 1.68 bits per heavy atom. The van der Waals surface area contributed by atoms with Crippen molar-refractivity contribution in [1.29, 1.82) is 0 Å². The fourth-order valence-electron chi connectivity index (χ4n) is 3.70. The van der Waals surface area contributed by atoms with Gasteiger partial charge in [0.1, 0.15) is 0 Å². The molecule has 0 radical (unpaired) electrons. The molecule has 0 aliphatic heterocycles. The molecule has 4 aromatic rings. The van der Waals surface area contributed by atoms with Crippen molar-refractivity contribution in [3.05, 3.63) is 65.9 Å². The van der Waals surface area contributed by atoms with E-state index in [9.17, 15) is 0 Å². The molecule has 0 fully saturated rings. The number of aryl methyl sites for hydroxylation is 1. The van der Waals surface area contributed by atoms with Crippen molar-refractivity contribution >= 4 is 16.7 Å². The van der Waals surface area contributed by atoms with Gasteiger partial charge in [0.25, 0.3) is 0 Å². The molecule has 0 bridgehead atoms. The molecule has 3 heterocycles. The highest BCUT2D eigenvalue weighted by Gasteiger charge is 2.24.